The van der Waals surface area contributed by atoms with Gasteiger partial charge in [0, 0.05) is 6.07 Å². The van der Waals surface area contributed by atoms with Crippen LogP contribution < -0.4 is 5.56 Å². The monoisotopic (exact) mass is 166 g/mol. The summed E-state index contributed by atoms with van der Waals surface area (Å²) < 4.78 is 0. The summed E-state index contributed by atoms with van der Waals surface area (Å²) >= 11 is 0. The molecule has 0 saturated carbocycles. The lowest BCUT2D eigenvalue weighted by atomic mass is 10.3. The molecule has 0 fully saturated rings. The third kappa shape index (κ3) is 1.95. The third-order valence-corrected chi connectivity index (χ3v) is 1.39. The van der Waals surface area contributed by atoms with Crippen LogP contribution >= 0.6 is 0 Å². The topological polar surface area (TPSA) is 54.4 Å². The van der Waals surface area contributed by atoms with Crippen molar-refractivity contribution in [2.75, 3.05) is 7.11 Å². The zero-order valence-electron chi connectivity index (χ0n) is 7.00. The molecule has 12 heavy (non-hydrogen) atoms. The number of aromatic amines is 1. The van der Waals surface area contributed by atoms with Crippen molar-refractivity contribution in [2.24, 2.45) is 5.16 Å². The SMILES string of the molecule is CO/N=C(\C)c1cccc(=O)[nH]1. The highest BCUT2D eigenvalue weighted by Crippen LogP contribution is 1.93. The summed E-state index contributed by atoms with van der Waals surface area (Å²) in [5.41, 5.74) is 1.18. The fourth-order valence-corrected chi connectivity index (χ4v) is 0.845. The zero-order chi connectivity index (χ0) is 8.97. The predicted octanol–water partition coefficient (Wildman–Crippen LogP) is 0.745. The second kappa shape index (κ2) is 3.71. The number of hydrogen-bond acceptors (Lipinski definition) is 3. The fourth-order valence-electron chi connectivity index (χ4n) is 0.845. The summed E-state index contributed by atoms with van der Waals surface area (Å²) in [6.07, 6.45) is 0. The van der Waals surface area contributed by atoms with Gasteiger partial charge in [-0.3, -0.25) is 4.79 Å². The summed E-state index contributed by atoms with van der Waals surface area (Å²) in [5, 5.41) is 3.68. The quantitative estimate of drug-likeness (QED) is 0.520. The number of nitrogens with zero attached hydrogens (tertiary/aromatic N) is 1. The number of oxime groups is 1. The fraction of sp³-hybridized carbons (Fsp3) is 0.250. The van der Waals surface area contributed by atoms with Gasteiger partial charge >= 0.3 is 0 Å². The van der Waals surface area contributed by atoms with Crippen LogP contribution in [0.4, 0.5) is 0 Å². The smallest absolute Gasteiger partial charge is 0.248 e. The molecule has 0 aliphatic heterocycles. The van der Waals surface area contributed by atoms with Gasteiger partial charge < -0.3 is 9.82 Å². The number of nitrogens with one attached hydrogen (secondary N) is 1. The molecule has 1 aromatic rings. The van der Waals surface area contributed by atoms with Gasteiger partial charge in [-0.05, 0) is 13.0 Å². The molecular formula is C8H10N2O2. The Morgan fingerprint density at radius 3 is 2.92 bits per heavy atom. The first-order valence-electron chi connectivity index (χ1n) is 3.51. The van der Waals surface area contributed by atoms with E-state index in [2.05, 4.69) is 15.0 Å². The molecule has 0 aliphatic rings. The molecule has 64 valence electrons. The molecule has 1 heterocycles. The van der Waals surface area contributed by atoms with E-state index in [4.69, 9.17) is 0 Å². The zero-order valence-corrected chi connectivity index (χ0v) is 7.00. The number of aromatic nitrogens is 1. The van der Waals surface area contributed by atoms with E-state index in [1.54, 1.807) is 19.1 Å². The number of pyridine rings is 1. The Morgan fingerprint density at radius 2 is 2.33 bits per heavy atom. The standard InChI is InChI=1S/C8H10N2O2/c1-6(10-12-2)7-4-3-5-8(11)9-7/h3-5H,1-2H3,(H,9,11)/b10-6+. The van der Waals surface area contributed by atoms with Gasteiger partial charge in [0.25, 0.3) is 0 Å². The molecule has 0 aliphatic carbocycles. The first-order valence-corrected chi connectivity index (χ1v) is 3.51. The Labute approximate surface area is 69.9 Å². The van der Waals surface area contributed by atoms with E-state index in [0.717, 1.165) is 0 Å². The van der Waals surface area contributed by atoms with Gasteiger partial charge in [-0.15, -0.1) is 0 Å². The lowest BCUT2D eigenvalue weighted by molar-refractivity contribution is 0.213. The summed E-state index contributed by atoms with van der Waals surface area (Å²) in [5.74, 6) is 0. The highest BCUT2D eigenvalue weighted by Gasteiger charge is 1.96. The molecule has 4 heteroatoms. The van der Waals surface area contributed by atoms with Gasteiger partial charge in [0.2, 0.25) is 5.56 Å². The van der Waals surface area contributed by atoms with E-state index in [9.17, 15) is 4.79 Å². The lowest BCUT2D eigenvalue weighted by Crippen LogP contribution is -2.09. The molecule has 1 rings (SSSR count). The van der Waals surface area contributed by atoms with Crippen molar-refractivity contribution in [3.05, 3.63) is 34.2 Å². The van der Waals surface area contributed by atoms with Crippen LogP contribution in [0.5, 0.6) is 0 Å². The first kappa shape index (κ1) is 8.52. The van der Waals surface area contributed by atoms with Crippen LogP contribution in [-0.2, 0) is 4.84 Å². The minimum atomic E-state index is -0.141. The molecule has 0 atom stereocenters. The minimum Gasteiger partial charge on any atom is -0.399 e. The van der Waals surface area contributed by atoms with Crippen LogP contribution in [0.2, 0.25) is 0 Å². The van der Waals surface area contributed by atoms with E-state index < -0.39 is 0 Å². The highest BCUT2D eigenvalue weighted by atomic mass is 16.6. The Kier molecular flexibility index (Phi) is 2.63. The van der Waals surface area contributed by atoms with Crippen molar-refractivity contribution in [1.82, 2.24) is 4.98 Å². The third-order valence-electron chi connectivity index (χ3n) is 1.39. The van der Waals surface area contributed by atoms with Crippen molar-refractivity contribution in [3.8, 4) is 0 Å². The minimum absolute atomic E-state index is 0.141. The number of hydrogen-bond donors (Lipinski definition) is 1. The van der Waals surface area contributed by atoms with Crippen molar-refractivity contribution in [3.63, 3.8) is 0 Å². The van der Waals surface area contributed by atoms with Gasteiger partial charge in [0.05, 0.1) is 5.69 Å². The molecule has 0 saturated heterocycles. The highest BCUT2D eigenvalue weighted by molar-refractivity contribution is 5.96. The molecule has 0 unspecified atom stereocenters. The van der Waals surface area contributed by atoms with Crippen LogP contribution in [-0.4, -0.2) is 17.8 Å². The Morgan fingerprint density at radius 1 is 1.58 bits per heavy atom. The Balaban J connectivity index is 3.03. The van der Waals surface area contributed by atoms with Crippen molar-refractivity contribution in [2.45, 2.75) is 6.92 Å². The predicted molar refractivity (Wildman–Crippen MR) is 46.3 cm³/mol. The normalized spacial score (nSPS) is 11.3. The van der Waals surface area contributed by atoms with Gasteiger partial charge in [-0.2, -0.15) is 0 Å². The molecule has 0 radical (unpaired) electrons. The van der Waals surface area contributed by atoms with E-state index in [0.29, 0.717) is 11.4 Å². The average Bonchev–Trinajstić information content (AvgIpc) is 2.05. The van der Waals surface area contributed by atoms with Crippen molar-refractivity contribution in [1.29, 1.82) is 0 Å². The van der Waals surface area contributed by atoms with Crippen molar-refractivity contribution >= 4 is 5.71 Å². The van der Waals surface area contributed by atoms with E-state index in [1.165, 1.54) is 13.2 Å². The number of rotatable bonds is 2. The molecule has 0 aromatic carbocycles. The molecule has 4 nitrogen and oxygen atoms in total. The van der Waals surface area contributed by atoms with Crippen LogP contribution in [0.15, 0.2) is 28.1 Å². The summed E-state index contributed by atoms with van der Waals surface area (Å²) in [6.45, 7) is 1.76. The maximum absolute atomic E-state index is 10.8. The van der Waals surface area contributed by atoms with Crippen LogP contribution in [0.1, 0.15) is 12.6 Å². The van der Waals surface area contributed by atoms with E-state index in [-0.39, 0.29) is 5.56 Å². The van der Waals surface area contributed by atoms with E-state index in [1.807, 2.05) is 0 Å². The summed E-state index contributed by atoms with van der Waals surface area (Å²) in [6, 6.07) is 4.88. The maximum Gasteiger partial charge on any atom is 0.248 e. The number of H-pyrrole nitrogens is 1. The van der Waals surface area contributed by atoms with Gasteiger partial charge in [0.1, 0.15) is 12.8 Å². The molecule has 0 spiro atoms. The van der Waals surface area contributed by atoms with E-state index >= 15 is 0 Å². The van der Waals surface area contributed by atoms with Gasteiger partial charge in [0.15, 0.2) is 0 Å². The molecule has 0 amide bonds. The van der Waals surface area contributed by atoms with Gasteiger partial charge in [-0.25, -0.2) is 0 Å². The summed E-state index contributed by atoms with van der Waals surface area (Å²) in [7, 11) is 1.46. The first-order chi connectivity index (χ1) is 5.74. The molecule has 0 bridgehead atoms. The summed E-state index contributed by atoms with van der Waals surface area (Å²) in [4.78, 5) is 18.0. The molecule has 1 N–H and O–H groups in total. The maximum atomic E-state index is 10.8. The van der Waals surface area contributed by atoms with Crippen molar-refractivity contribution < 1.29 is 4.84 Å². The molecular weight excluding hydrogens is 156 g/mol. The average molecular weight is 166 g/mol. The second-order valence-electron chi connectivity index (χ2n) is 2.29. The molecule has 1 aromatic heterocycles. The van der Waals surface area contributed by atoms with Crippen LogP contribution in [0.3, 0.4) is 0 Å². The lowest BCUT2D eigenvalue weighted by Gasteiger charge is -1.97. The van der Waals surface area contributed by atoms with Crippen LogP contribution in [0.25, 0.3) is 0 Å². The van der Waals surface area contributed by atoms with Crippen LogP contribution in [0, 0.1) is 0 Å². The van der Waals surface area contributed by atoms with Gasteiger partial charge in [-0.1, -0.05) is 11.2 Å². The second-order valence-corrected chi connectivity index (χ2v) is 2.29. The Hall–Kier alpha value is -1.58. The largest absolute Gasteiger partial charge is 0.399 e. The Bertz CT molecular complexity index is 341.